The molecule has 2 aromatic carbocycles. The standard InChI is InChI=1S/C19H22BrN3O2/c1-25-18-5-3-2-4-17(18)23-12-10-22(11-13-23)14-19(24)21-16-8-6-15(20)7-9-16/h2-9H,10-14H2,1H3,(H,21,24)/p+1. The topological polar surface area (TPSA) is 46.0 Å². The average molecular weight is 405 g/mol. The lowest BCUT2D eigenvalue weighted by atomic mass is 10.2. The molecule has 0 spiro atoms. The molecule has 1 aliphatic rings. The maximum absolute atomic E-state index is 12.2. The lowest BCUT2D eigenvalue weighted by molar-refractivity contribution is -0.892. The molecule has 1 aliphatic heterocycles. The van der Waals surface area contributed by atoms with Gasteiger partial charge in [-0.1, -0.05) is 28.1 Å². The van der Waals surface area contributed by atoms with Gasteiger partial charge in [-0.2, -0.15) is 0 Å². The molecule has 1 amide bonds. The van der Waals surface area contributed by atoms with Gasteiger partial charge in [-0.15, -0.1) is 0 Å². The molecule has 3 rings (SSSR count). The molecule has 6 heteroatoms. The van der Waals surface area contributed by atoms with Gasteiger partial charge in [0.1, 0.15) is 5.75 Å². The van der Waals surface area contributed by atoms with Crippen molar-refractivity contribution in [1.29, 1.82) is 0 Å². The zero-order valence-corrected chi connectivity index (χ0v) is 15.9. The van der Waals surface area contributed by atoms with Crippen molar-refractivity contribution in [2.75, 3.05) is 50.1 Å². The second-order valence-electron chi connectivity index (χ2n) is 6.14. The number of nitrogens with zero attached hydrogens (tertiary/aromatic N) is 1. The summed E-state index contributed by atoms with van der Waals surface area (Å²) in [7, 11) is 1.70. The van der Waals surface area contributed by atoms with Gasteiger partial charge in [0.25, 0.3) is 5.91 Å². The minimum Gasteiger partial charge on any atom is -0.495 e. The second kappa shape index (κ2) is 8.36. The molecule has 0 radical (unpaired) electrons. The first kappa shape index (κ1) is 17.8. The second-order valence-corrected chi connectivity index (χ2v) is 7.06. The molecule has 2 aromatic rings. The Bertz CT molecular complexity index is 713. The molecule has 1 saturated heterocycles. The number of carbonyl (C=O) groups excluding carboxylic acids is 1. The van der Waals surface area contributed by atoms with E-state index < -0.39 is 0 Å². The quantitative estimate of drug-likeness (QED) is 0.798. The highest BCUT2D eigenvalue weighted by Gasteiger charge is 2.23. The number of carbonyl (C=O) groups is 1. The highest BCUT2D eigenvalue weighted by Crippen LogP contribution is 2.27. The first-order valence-electron chi connectivity index (χ1n) is 8.42. The Morgan fingerprint density at radius 3 is 2.52 bits per heavy atom. The molecule has 0 atom stereocenters. The minimum absolute atomic E-state index is 0.0584. The van der Waals surface area contributed by atoms with Gasteiger partial charge in [0.2, 0.25) is 0 Å². The van der Waals surface area contributed by atoms with Crippen LogP contribution in [0.1, 0.15) is 0 Å². The van der Waals surface area contributed by atoms with E-state index in [0.717, 1.165) is 47.8 Å². The number of hydrogen-bond acceptors (Lipinski definition) is 3. The number of piperazine rings is 1. The van der Waals surface area contributed by atoms with Crippen LogP contribution in [0, 0.1) is 0 Å². The molecule has 1 fully saturated rings. The highest BCUT2D eigenvalue weighted by molar-refractivity contribution is 9.10. The van der Waals surface area contributed by atoms with E-state index in [1.165, 1.54) is 4.90 Å². The monoisotopic (exact) mass is 404 g/mol. The van der Waals surface area contributed by atoms with Crippen LogP contribution in [-0.4, -0.2) is 45.7 Å². The number of halogens is 1. The van der Waals surface area contributed by atoms with Crippen molar-refractivity contribution in [1.82, 2.24) is 0 Å². The fourth-order valence-electron chi connectivity index (χ4n) is 3.10. The molecular weight excluding hydrogens is 382 g/mol. The van der Waals surface area contributed by atoms with Crippen LogP contribution in [0.3, 0.4) is 0 Å². The first-order chi connectivity index (χ1) is 12.2. The van der Waals surface area contributed by atoms with Crippen molar-refractivity contribution in [2.45, 2.75) is 0 Å². The van der Waals surface area contributed by atoms with E-state index in [-0.39, 0.29) is 5.91 Å². The summed E-state index contributed by atoms with van der Waals surface area (Å²) in [4.78, 5) is 15.9. The number of anilines is 2. The molecule has 5 nitrogen and oxygen atoms in total. The van der Waals surface area contributed by atoms with Gasteiger partial charge in [0.05, 0.1) is 39.0 Å². The molecule has 25 heavy (non-hydrogen) atoms. The SMILES string of the molecule is COc1ccccc1N1CC[NH+](CC(=O)Nc2ccc(Br)cc2)CC1. The number of benzene rings is 2. The molecule has 1 heterocycles. The third kappa shape index (κ3) is 4.74. The van der Waals surface area contributed by atoms with Crippen LogP contribution in [0.5, 0.6) is 5.75 Å². The zero-order valence-electron chi connectivity index (χ0n) is 14.3. The van der Waals surface area contributed by atoms with Gasteiger partial charge in [-0.3, -0.25) is 4.79 Å². The molecule has 0 bridgehead atoms. The van der Waals surface area contributed by atoms with E-state index in [1.807, 2.05) is 42.5 Å². The number of ether oxygens (including phenoxy) is 1. The Labute approximate surface area is 156 Å². The normalized spacial score (nSPS) is 15.0. The Balaban J connectivity index is 1.50. The number of quaternary nitrogens is 1. The van der Waals surface area contributed by atoms with Crippen LogP contribution in [-0.2, 0) is 4.79 Å². The summed E-state index contributed by atoms with van der Waals surface area (Å²) in [5.74, 6) is 0.960. The third-order valence-electron chi connectivity index (χ3n) is 4.43. The van der Waals surface area contributed by atoms with Gasteiger partial charge in [0, 0.05) is 10.2 Å². The van der Waals surface area contributed by atoms with Crippen LogP contribution in [0.15, 0.2) is 53.0 Å². The summed E-state index contributed by atoms with van der Waals surface area (Å²) in [5, 5.41) is 2.96. The molecule has 0 unspecified atom stereocenters. The van der Waals surface area contributed by atoms with Crippen LogP contribution < -0.4 is 19.9 Å². The Morgan fingerprint density at radius 1 is 1.16 bits per heavy atom. The van der Waals surface area contributed by atoms with Gasteiger partial charge in [-0.05, 0) is 36.4 Å². The largest absolute Gasteiger partial charge is 0.495 e. The maximum atomic E-state index is 12.2. The molecular formula is C19H23BrN3O2+. The van der Waals surface area contributed by atoms with Crippen molar-refractivity contribution in [3.8, 4) is 5.75 Å². The van der Waals surface area contributed by atoms with E-state index in [9.17, 15) is 4.79 Å². The summed E-state index contributed by atoms with van der Waals surface area (Å²) in [6.45, 7) is 4.20. The van der Waals surface area contributed by atoms with Gasteiger partial charge >= 0.3 is 0 Å². The predicted molar refractivity (Wildman–Crippen MR) is 104 cm³/mol. The zero-order chi connectivity index (χ0) is 17.6. The number of rotatable bonds is 5. The first-order valence-corrected chi connectivity index (χ1v) is 9.22. The highest BCUT2D eigenvalue weighted by atomic mass is 79.9. The number of methoxy groups -OCH3 is 1. The maximum Gasteiger partial charge on any atom is 0.279 e. The predicted octanol–water partition coefficient (Wildman–Crippen LogP) is 1.80. The number of nitrogens with one attached hydrogen (secondary N) is 2. The molecule has 2 N–H and O–H groups in total. The van der Waals surface area contributed by atoms with E-state index in [0.29, 0.717) is 6.54 Å². The Morgan fingerprint density at radius 2 is 1.84 bits per heavy atom. The van der Waals surface area contributed by atoms with Crippen LogP contribution in [0.25, 0.3) is 0 Å². The van der Waals surface area contributed by atoms with Gasteiger partial charge in [0.15, 0.2) is 6.54 Å². The fourth-order valence-corrected chi connectivity index (χ4v) is 3.36. The van der Waals surface area contributed by atoms with E-state index >= 15 is 0 Å². The Hall–Kier alpha value is -2.05. The van der Waals surface area contributed by atoms with Crippen molar-refractivity contribution in [3.05, 3.63) is 53.0 Å². The van der Waals surface area contributed by atoms with Crippen molar-refractivity contribution in [3.63, 3.8) is 0 Å². The van der Waals surface area contributed by atoms with Crippen LogP contribution in [0.4, 0.5) is 11.4 Å². The van der Waals surface area contributed by atoms with E-state index in [4.69, 9.17) is 4.74 Å². The number of amides is 1. The summed E-state index contributed by atoms with van der Waals surface area (Å²) < 4.78 is 6.45. The number of para-hydroxylation sites is 2. The van der Waals surface area contributed by atoms with Gasteiger partial charge < -0.3 is 19.9 Å². The summed E-state index contributed by atoms with van der Waals surface area (Å²) in [5.41, 5.74) is 1.96. The lowest BCUT2D eigenvalue weighted by Gasteiger charge is -2.34. The molecule has 0 aromatic heterocycles. The summed E-state index contributed by atoms with van der Waals surface area (Å²) >= 11 is 3.40. The number of hydrogen-bond donors (Lipinski definition) is 2. The summed E-state index contributed by atoms with van der Waals surface area (Å²) in [6.07, 6.45) is 0. The third-order valence-corrected chi connectivity index (χ3v) is 4.96. The van der Waals surface area contributed by atoms with Crippen molar-refractivity contribution >= 4 is 33.2 Å². The fraction of sp³-hybridized carbons (Fsp3) is 0.316. The lowest BCUT2D eigenvalue weighted by Crippen LogP contribution is -3.15. The van der Waals surface area contributed by atoms with Crippen molar-refractivity contribution < 1.29 is 14.4 Å². The van der Waals surface area contributed by atoms with Crippen molar-refractivity contribution in [2.24, 2.45) is 0 Å². The van der Waals surface area contributed by atoms with E-state index in [1.54, 1.807) is 7.11 Å². The smallest absolute Gasteiger partial charge is 0.279 e. The molecule has 0 saturated carbocycles. The Kier molecular flexibility index (Phi) is 5.94. The van der Waals surface area contributed by atoms with Crippen LogP contribution in [0.2, 0.25) is 0 Å². The summed E-state index contributed by atoms with van der Waals surface area (Å²) in [6, 6.07) is 15.7. The minimum atomic E-state index is 0.0584. The molecule has 0 aliphatic carbocycles. The van der Waals surface area contributed by atoms with E-state index in [2.05, 4.69) is 32.2 Å². The molecule has 132 valence electrons. The average Bonchev–Trinajstić information content (AvgIpc) is 2.64. The van der Waals surface area contributed by atoms with Crippen LogP contribution >= 0.6 is 15.9 Å². The van der Waals surface area contributed by atoms with Gasteiger partial charge in [-0.25, -0.2) is 0 Å².